The van der Waals surface area contributed by atoms with Crippen LogP contribution in [-0.4, -0.2) is 5.97 Å². The minimum Gasteiger partial charge on any atom is -0.425 e. The third-order valence-corrected chi connectivity index (χ3v) is 2.51. The van der Waals surface area contributed by atoms with E-state index < -0.39 is 5.82 Å². The van der Waals surface area contributed by atoms with Crippen LogP contribution < -0.4 is 4.74 Å². The molecule has 1 rings (SSSR count). The maximum absolute atomic E-state index is 12.8. The molecular formula is C11H12BrFO2. The zero-order valence-electron chi connectivity index (χ0n) is 8.43. The molecule has 4 heteroatoms. The van der Waals surface area contributed by atoms with Crippen LogP contribution in [0.15, 0.2) is 22.7 Å². The molecule has 0 saturated heterocycles. The van der Waals surface area contributed by atoms with E-state index in [-0.39, 0.29) is 11.7 Å². The van der Waals surface area contributed by atoms with Gasteiger partial charge in [-0.1, -0.05) is 13.3 Å². The van der Waals surface area contributed by atoms with E-state index in [0.29, 0.717) is 10.9 Å². The Kier molecular flexibility index (Phi) is 4.75. The molecule has 0 amide bonds. The van der Waals surface area contributed by atoms with Gasteiger partial charge in [0.1, 0.15) is 11.6 Å². The van der Waals surface area contributed by atoms with Crippen LogP contribution in [0.1, 0.15) is 26.2 Å². The highest BCUT2D eigenvalue weighted by atomic mass is 79.9. The summed E-state index contributed by atoms with van der Waals surface area (Å²) in [5, 5.41) is 0. The van der Waals surface area contributed by atoms with Gasteiger partial charge in [-0.05, 0) is 34.5 Å². The lowest BCUT2D eigenvalue weighted by molar-refractivity contribution is -0.134. The second kappa shape index (κ2) is 5.85. The Bertz CT molecular complexity index is 352. The molecule has 0 atom stereocenters. The predicted octanol–water partition coefficient (Wildman–Crippen LogP) is 3.68. The Hall–Kier alpha value is -0.900. The number of carbonyl (C=O) groups is 1. The van der Waals surface area contributed by atoms with Crippen molar-refractivity contribution in [2.45, 2.75) is 26.2 Å². The van der Waals surface area contributed by atoms with Crippen LogP contribution in [0.3, 0.4) is 0 Å². The van der Waals surface area contributed by atoms with Gasteiger partial charge in [-0.25, -0.2) is 4.39 Å². The molecular weight excluding hydrogens is 263 g/mol. The Labute approximate surface area is 96.6 Å². The quantitative estimate of drug-likeness (QED) is 0.619. The van der Waals surface area contributed by atoms with Crippen molar-refractivity contribution in [3.8, 4) is 5.75 Å². The third-order valence-electron chi connectivity index (χ3n) is 1.85. The first kappa shape index (κ1) is 12.2. The third kappa shape index (κ3) is 4.00. The lowest BCUT2D eigenvalue weighted by atomic mass is 10.2. The van der Waals surface area contributed by atoms with Gasteiger partial charge in [-0.3, -0.25) is 4.79 Å². The van der Waals surface area contributed by atoms with E-state index in [1.807, 2.05) is 6.92 Å². The zero-order valence-corrected chi connectivity index (χ0v) is 10.0. The summed E-state index contributed by atoms with van der Waals surface area (Å²) in [7, 11) is 0. The smallest absolute Gasteiger partial charge is 0.311 e. The molecule has 0 N–H and O–H groups in total. The molecule has 0 heterocycles. The number of rotatable bonds is 4. The van der Waals surface area contributed by atoms with E-state index in [1.165, 1.54) is 18.2 Å². The van der Waals surface area contributed by atoms with Gasteiger partial charge in [-0.2, -0.15) is 0 Å². The molecule has 0 bridgehead atoms. The van der Waals surface area contributed by atoms with Gasteiger partial charge in [0, 0.05) is 12.5 Å². The lowest BCUT2D eigenvalue weighted by Crippen LogP contribution is -2.07. The predicted molar refractivity (Wildman–Crippen MR) is 59.3 cm³/mol. The SMILES string of the molecule is CCCCC(=O)Oc1cc(F)ccc1Br. The van der Waals surface area contributed by atoms with Crippen LogP contribution >= 0.6 is 15.9 Å². The molecule has 1 aromatic rings. The van der Waals surface area contributed by atoms with Gasteiger partial charge in [0.25, 0.3) is 0 Å². The van der Waals surface area contributed by atoms with E-state index in [1.54, 1.807) is 0 Å². The topological polar surface area (TPSA) is 26.3 Å². The summed E-state index contributed by atoms with van der Waals surface area (Å²) >= 11 is 3.18. The summed E-state index contributed by atoms with van der Waals surface area (Å²) in [6.07, 6.45) is 2.07. The summed E-state index contributed by atoms with van der Waals surface area (Å²) in [5.41, 5.74) is 0. The van der Waals surface area contributed by atoms with Crippen molar-refractivity contribution >= 4 is 21.9 Å². The summed E-state index contributed by atoms with van der Waals surface area (Å²) in [5.74, 6) is -0.518. The first-order valence-corrected chi connectivity index (χ1v) is 5.58. The van der Waals surface area contributed by atoms with Crippen molar-refractivity contribution in [3.05, 3.63) is 28.5 Å². The fourth-order valence-electron chi connectivity index (χ4n) is 1.05. The molecule has 1 aromatic carbocycles. The number of carbonyl (C=O) groups excluding carboxylic acids is 1. The maximum Gasteiger partial charge on any atom is 0.311 e. The maximum atomic E-state index is 12.8. The Balaban J connectivity index is 2.63. The van der Waals surface area contributed by atoms with Crippen LogP contribution in [0.25, 0.3) is 0 Å². The Morgan fingerprint density at radius 2 is 2.27 bits per heavy atom. The van der Waals surface area contributed by atoms with E-state index in [0.717, 1.165) is 12.8 Å². The van der Waals surface area contributed by atoms with Gasteiger partial charge < -0.3 is 4.74 Å². The molecule has 0 saturated carbocycles. The molecule has 82 valence electrons. The molecule has 0 aliphatic heterocycles. The number of unbranched alkanes of at least 4 members (excludes halogenated alkanes) is 1. The van der Waals surface area contributed by atoms with Crippen molar-refractivity contribution in [3.63, 3.8) is 0 Å². The molecule has 0 aliphatic carbocycles. The highest BCUT2D eigenvalue weighted by Gasteiger charge is 2.08. The van der Waals surface area contributed by atoms with Crippen molar-refractivity contribution in [2.75, 3.05) is 0 Å². The van der Waals surface area contributed by atoms with Crippen molar-refractivity contribution in [1.82, 2.24) is 0 Å². The number of esters is 1. The highest BCUT2D eigenvalue weighted by molar-refractivity contribution is 9.10. The minimum atomic E-state index is -0.420. The average molecular weight is 275 g/mol. The summed E-state index contributed by atoms with van der Waals surface area (Å²) in [4.78, 5) is 11.3. The summed E-state index contributed by atoms with van der Waals surface area (Å²) in [6, 6.07) is 4.00. The van der Waals surface area contributed by atoms with Crippen LogP contribution in [-0.2, 0) is 4.79 Å². The van der Waals surface area contributed by atoms with Crippen LogP contribution in [0.2, 0.25) is 0 Å². The average Bonchev–Trinajstić information content (AvgIpc) is 2.20. The van der Waals surface area contributed by atoms with Gasteiger partial charge in [0.2, 0.25) is 0 Å². The van der Waals surface area contributed by atoms with Crippen molar-refractivity contribution < 1.29 is 13.9 Å². The first-order chi connectivity index (χ1) is 7.13. The molecule has 2 nitrogen and oxygen atoms in total. The standard InChI is InChI=1S/C11H12BrFO2/c1-2-3-4-11(14)15-10-7-8(13)5-6-9(10)12/h5-7H,2-4H2,1H3. The normalized spacial score (nSPS) is 10.1. The number of halogens is 2. The number of ether oxygens (including phenoxy) is 1. The van der Waals surface area contributed by atoms with Crippen LogP contribution in [0, 0.1) is 5.82 Å². The number of hydrogen-bond donors (Lipinski definition) is 0. The van der Waals surface area contributed by atoms with E-state index >= 15 is 0 Å². The summed E-state index contributed by atoms with van der Waals surface area (Å²) in [6.45, 7) is 1.99. The fraction of sp³-hybridized carbons (Fsp3) is 0.364. The van der Waals surface area contributed by atoms with Gasteiger partial charge in [0.15, 0.2) is 0 Å². The molecule has 0 radical (unpaired) electrons. The lowest BCUT2D eigenvalue weighted by Gasteiger charge is -2.05. The summed E-state index contributed by atoms with van der Waals surface area (Å²) < 4.78 is 18.4. The molecule has 0 unspecified atom stereocenters. The second-order valence-electron chi connectivity index (χ2n) is 3.15. The molecule has 0 aliphatic rings. The molecule has 0 spiro atoms. The van der Waals surface area contributed by atoms with Crippen LogP contribution in [0.4, 0.5) is 4.39 Å². The first-order valence-electron chi connectivity index (χ1n) is 4.79. The number of hydrogen-bond acceptors (Lipinski definition) is 2. The van der Waals surface area contributed by atoms with E-state index in [4.69, 9.17) is 4.74 Å². The Morgan fingerprint density at radius 3 is 2.93 bits per heavy atom. The number of benzene rings is 1. The van der Waals surface area contributed by atoms with Gasteiger partial charge >= 0.3 is 5.97 Å². The highest BCUT2D eigenvalue weighted by Crippen LogP contribution is 2.25. The van der Waals surface area contributed by atoms with E-state index in [2.05, 4.69) is 15.9 Å². The van der Waals surface area contributed by atoms with Crippen molar-refractivity contribution in [2.24, 2.45) is 0 Å². The van der Waals surface area contributed by atoms with Crippen LogP contribution in [0.5, 0.6) is 5.75 Å². The Morgan fingerprint density at radius 1 is 1.53 bits per heavy atom. The van der Waals surface area contributed by atoms with E-state index in [9.17, 15) is 9.18 Å². The monoisotopic (exact) mass is 274 g/mol. The second-order valence-corrected chi connectivity index (χ2v) is 4.01. The largest absolute Gasteiger partial charge is 0.425 e. The van der Waals surface area contributed by atoms with Crippen molar-refractivity contribution in [1.29, 1.82) is 0 Å². The minimum absolute atomic E-state index is 0.233. The fourth-order valence-corrected chi connectivity index (χ4v) is 1.38. The molecule has 0 fully saturated rings. The molecule has 15 heavy (non-hydrogen) atoms. The van der Waals surface area contributed by atoms with Gasteiger partial charge in [-0.15, -0.1) is 0 Å². The van der Waals surface area contributed by atoms with Gasteiger partial charge in [0.05, 0.1) is 4.47 Å². The molecule has 0 aromatic heterocycles. The zero-order chi connectivity index (χ0) is 11.3.